The molecule has 0 aliphatic carbocycles. The molecule has 1 fully saturated rings. The Hall–Kier alpha value is 0.437. The molecule has 1 rings (SSSR count). The molecule has 12 heavy (non-hydrogen) atoms. The maximum absolute atomic E-state index is 4.27. The van der Waals surface area contributed by atoms with Crippen molar-refractivity contribution >= 4 is 24.0 Å². The molecule has 0 saturated carbocycles. The van der Waals surface area contributed by atoms with Crippen molar-refractivity contribution in [3.63, 3.8) is 0 Å². The molecular weight excluding hydrogens is 228 g/mol. The summed E-state index contributed by atoms with van der Waals surface area (Å²) in [6.45, 7) is 6.79. The van der Waals surface area contributed by atoms with Crippen LogP contribution in [0.4, 0.5) is 0 Å². The van der Waals surface area contributed by atoms with Crippen LogP contribution in [0.5, 0.6) is 0 Å². The van der Waals surface area contributed by atoms with Crippen molar-refractivity contribution in [1.82, 2.24) is 0 Å². The second-order valence-corrected chi connectivity index (χ2v) is 9.79. The molecule has 0 aromatic rings. The van der Waals surface area contributed by atoms with E-state index in [2.05, 4.69) is 29.1 Å². The van der Waals surface area contributed by atoms with Crippen molar-refractivity contribution < 1.29 is 0 Å². The maximum Gasteiger partial charge on any atom is 0.0777 e. The van der Waals surface area contributed by atoms with Gasteiger partial charge in [0.25, 0.3) is 0 Å². The van der Waals surface area contributed by atoms with Gasteiger partial charge in [-0.15, -0.1) is 6.58 Å². The number of rotatable bonds is 3. The van der Waals surface area contributed by atoms with Crippen molar-refractivity contribution in [1.29, 1.82) is 0 Å². The third-order valence-corrected chi connectivity index (χ3v) is 8.60. The van der Waals surface area contributed by atoms with E-state index in [4.69, 9.17) is 0 Å². The zero-order chi connectivity index (χ0) is 9.03. The SMILES string of the molecule is C=C1CCCC[Si]1(C)CCCBr. The highest BCUT2D eigenvalue weighted by atomic mass is 79.9. The van der Waals surface area contributed by atoms with Gasteiger partial charge in [0.2, 0.25) is 0 Å². The van der Waals surface area contributed by atoms with Gasteiger partial charge in [0, 0.05) is 5.33 Å². The first-order valence-electron chi connectivity index (χ1n) is 4.93. The molecule has 0 radical (unpaired) electrons. The molecule has 1 unspecified atom stereocenters. The fourth-order valence-corrected chi connectivity index (χ4v) is 6.61. The van der Waals surface area contributed by atoms with E-state index in [0.717, 1.165) is 0 Å². The average molecular weight is 247 g/mol. The molecule has 0 aromatic heterocycles. The summed E-state index contributed by atoms with van der Waals surface area (Å²) in [6, 6.07) is 2.95. The van der Waals surface area contributed by atoms with E-state index in [9.17, 15) is 0 Å². The van der Waals surface area contributed by atoms with Crippen LogP contribution in [0.1, 0.15) is 25.7 Å². The Bertz CT molecular complexity index is 167. The van der Waals surface area contributed by atoms with Crippen LogP contribution in [0, 0.1) is 0 Å². The Kier molecular flexibility index (Phi) is 4.04. The van der Waals surface area contributed by atoms with Crippen molar-refractivity contribution in [3.8, 4) is 0 Å². The predicted molar refractivity (Wildman–Crippen MR) is 62.6 cm³/mol. The van der Waals surface area contributed by atoms with E-state index in [1.54, 1.807) is 5.20 Å². The molecule has 0 bridgehead atoms. The van der Waals surface area contributed by atoms with Crippen LogP contribution in [-0.4, -0.2) is 13.4 Å². The molecule has 1 heterocycles. The van der Waals surface area contributed by atoms with Gasteiger partial charge in [-0.25, -0.2) is 0 Å². The predicted octanol–water partition coefficient (Wildman–Crippen LogP) is 4.13. The van der Waals surface area contributed by atoms with Gasteiger partial charge in [-0.2, -0.15) is 0 Å². The minimum Gasteiger partial charge on any atom is -0.104 e. The topological polar surface area (TPSA) is 0 Å². The second kappa shape index (κ2) is 4.61. The lowest BCUT2D eigenvalue weighted by molar-refractivity contribution is 0.753. The van der Waals surface area contributed by atoms with E-state index in [1.807, 2.05) is 0 Å². The number of hydrogen-bond acceptors (Lipinski definition) is 0. The van der Waals surface area contributed by atoms with E-state index < -0.39 is 8.07 Å². The summed E-state index contributed by atoms with van der Waals surface area (Å²) in [5.74, 6) is 0. The zero-order valence-corrected chi connectivity index (χ0v) is 10.6. The lowest BCUT2D eigenvalue weighted by Gasteiger charge is -2.33. The number of alkyl halides is 1. The van der Waals surface area contributed by atoms with Gasteiger partial charge < -0.3 is 0 Å². The van der Waals surface area contributed by atoms with Crippen LogP contribution in [-0.2, 0) is 0 Å². The molecule has 1 aliphatic heterocycles. The third-order valence-electron chi connectivity index (χ3n) is 3.17. The maximum atomic E-state index is 4.27. The third kappa shape index (κ3) is 2.46. The van der Waals surface area contributed by atoms with Gasteiger partial charge >= 0.3 is 0 Å². The van der Waals surface area contributed by atoms with Crippen molar-refractivity contribution in [3.05, 3.63) is 11.8 Å². The van der Waals surface area contributed by atoms with Crippen LogP contribution in [0.15, 0.2) is 11.8 Å². The Morgan fingerprint density at radius 3 is 2.83 bits per heavy atom. The molecule has 0 N–H and O–H groups in total. The summed E-state index contributed by atoms with van der Waals surface area (Å²) in [4.78, 5) is 0. The molecule has 0 nitrogen and oxygen atoms in total. The number of allylic oxidation sites excluding steroid dienone is 1. The number of halogens is 1. The monoisotopic (exact) mass is 246 g/mol. The lowest BCUT2D eigenvalue weighted by Crippen LogP contribution is -2.35. The van der Waals surface area contributed by atoms with Gasteiger partial charge in [-0.05, 0) is 12.8 Å². The summed E-state index contributed by atoms with van der Waals surface area (Å²) in [6.07, 6.45) is 5.53. The Labute approximate surface area is 85.6 Å². The second-order valence-electron chi connectivity index (χ2n) is 4.16. The Morgan fingerprint density at radius 2 is 2.25 bits per heavy atom. The summed E-state index contributed by atoms with van der Waals surface area (Å²) >= 11 is 3.51. The summed E-state index contributed by atoms with van der Waals surface area (Å²) < 4.78 is 0. The van der Waals surface area contributed by atoms with Crippen molar-refractivity contribution in [2.45, 2.75) is 44.3 Å². The fraction of sp³-hybridized carbons (Fsp3) is 0.800. The molecule has 1 aliphatic rings. The molecular formula is C10H19BrSi. The average Bonchev–Trinajstić information content (AvgIpc) is 2.07. The van der Waals surface area contributed by atoms with Gasteiger partial charge in [-0.3, -0.25) is 0 Å². The number of hydrogen-bond donors (Lipinski definition) is 0. The summed E-state index contributed by atoms with van der Waals surface area (Å²) in [7, 11) is -0.985. The van der Waals surface area contributed by atoms with Crippen molar-refractivity contribution in [2.75, 3.05) is 5.33 Å². The smallest absolute Gasteiger partial charge is 0.0777 e. The van der Waals surface area contributed by atoms with Crippen LogP contribution < -0.4 is 0 Å². The first-order chi connectivity index (χ1) is 5.69. The van der Waals surface area contributed by atoms with E-state index in [1.165, 1.54) is 43.1 Å². The molecule has 70 valence electrons. The first-order valence-corrected chi connectivity index (χ1v) is 8.97. The highest BCUT2D eigenvalue weighted by Crippen LogP contribution is 2.35. The summed E-state index contributed by atoms with van der Waals surface area (Å²) in [5.41, 5.74) is 0. The molecule has 1 atom stereocenters. The van der Waals surface area contributed by atoms with E-state index in [0.29, 0.717) is 0 Å². The molecule has 0 spiro atoms. The van der Waals surface area contributed by atoms with Gasteiger partial charge in [-0.1, -0.05) is 52.6 Å². The van der Waals surface area contributed by atoms with Crippen LogP contribution in [0.2, 0.25) is 18.6 Å². The van der Waals surface area contributed by atoms with Crippen LogP contribution in [0.25, 0.3) is 0 Å². The quantitative estimate of drug-likeness (QED) is 0.519. The molecule has 2 heteroatoms. The van der Waals surface area contributed by atoms with Gasteiger partial charge in [0.05, 0.1) is 8.07 Å². The highest BCUT2D eigenvalue weighted by Gasteiger charge is 2.31. The summed E-state index contributed by atoms with van der Waals surface area (Å²) in [5, 5.41) is 2.80. The van der Waals surface area contributed by atoms with E-state index >= 15 is 0 Å². The molecule has 0 aromatic carbocycles. The zero-order valence-electron chi connectivity index (χ0n) is 8.03. The fourth-order valence-electron chi connectivity index (χ4n) is 2.09. The largest absolute Gasteiger partial charge is 0.104 e. The minimum absolute atomic E-state index is 0.985. The van der Waals surface area contributed by atoms with E-state index in [-0.39, 0.29) is 0 Å². The van der Waals surface area contributed by atoms with Gasteiger partial charge in [0.1, 0.15) is 0 Å². The standard InChI is InChI=1S/C10H19BrSi/c1-10-6-3-4-8-12(10,2)9-5-7-11/h1,3-9H2,2H3. The van der Waals surface area contributed by atoms with Crippen LogP contribution >= 0.6 is 15.9 Å². The molecule has 1 saturated heterocycles. The van der Waals surface area contributed by atoms with Gasteiger partial charge in [0.15, 0.2) is 0 Å². The minimum atomic E-state index is -0.985. The first kappa shape index (κ1) is 10.5. The highest BCUT2D eigenvalue weighted by molar-refractivity contribution is 9.09. The van der Waals surface area contributed by atoms with Crippen molar-refractivity contribution in [2.24, 2.45) is 0 Å². The normalized spacial score (nSPS) is 30.7. The molecule has 0 amide bonds. The lowest BCUT2D eigenvalue weighted by atomic mass is 10.2. The Morgan fingerprint density at radius 1 is 1.50 bits per heavy atom. The Balaban J connectivity index is 2.48. The van der Waals surface area contributed by atoms with Crippen LogP contribution in [0.3, 0.4) is 0 Å².